The van der Waals surface area contributed by atoms with Gasteiger partial charge in [0, 0.05) is 23.7 Å². The van der Waals surface area contributed by atoms with Crippen molar-refractivity contribution in [2.24, 2.45) is 0 Å². The lowest BCUT2D eigenvalue weighted by atomic mass is 9.96. The van der Waals surface area contributed by atoms with Gasteiger partial charge in [0.05, 0.1) is 22.8 Å². The standard InChI is InChI=1S/C30H22F3N3O2/c31-30(32,33)26-10-4-9-25-28(35(36(37)29(25)26)19-20-6-2-1-3-7-20)21-11-13-23(14-12-21)38-24-15-16-27-22(18-24)8-5-17-34-27/h1-18,28,37H,19H2. The zero-order chi connectivity index (χ0) is 26.3. The van der Waals surface area contributed by atoms with Crippen molar-refractivity contribution in [3.63, 3.8) is 0 Å². The number of alkyl halides is 3. The molecule has 0 aliphatic carbocycles. The fourth-order valence-corrected chi connectivity index (χ4v) is 4.88. The van der Waals surface area contributed by atoms with E-state index in [1.165, 1.54) is 11.1 Å². The van der Waals surface area contributed by atoms with Crippen LogP contribution in [0.2, 0.25) is 0 Å². The van der Waals surface area contributed by atoms with Crippen molar-refractivity contribution in [3.8, 4) is 11.5 Å². The molecular formula is C30H22F3N3O2. The molecule has 0 saturated heterocycles. The fourth-order valence-electron chi connectivity index (χ4n) is 4.88. The molecule has 0 saturated carbocycles. The first-order valence-electron chi connectivity index (χ1n) is 12.0. The van der Waals surface area contributed by atoms with Gasteiger partial charge in [-0.3, -0.25) is 10.2 Å². The van der Waals surface area contributed by atoms with Crippen LogP contribution in [-0.4, -0.2) is 15.2 Å². The summed E-state index contributed by atoms with van der Waals surface area (Å²) < 4.78 is 47.7. The summed E-state index contributed by atoms with van der Waals surface area (Å²) in [7, 11) is 0. The number of benzene rings is 4. The van der Waals surface area contributed by atoms with Crippen LogP contribution in [0.25, 0.3) is 10.9 Å². The average molecular weight is 514 g/mol. The Morgan fingerprint density at radius 2 is 1.58 bits per heavy atom. The van der Waals surface area contributed by atoms with Gasteiger partial charge in [-0.2, -0.15) is 23.4 Å². The van der Waals surface area contributed by atoms with Crippen LogP contribution in [-0.2, 0) is 12.7 Å². The van der Waals surface area contributed by atoms with Crippen LogP contribution < -0.4 is 9.91 Å². The average Bonchev–Trinajstić information content (AvgIpc) is 3.20. The molecule has 0 bridgehead atoms. The predicted octanol–water partition coefficient (Wildman–Crippen LogP) is 7.76. The van der Waals surface area contributed by atoms with Crippen LogP contribution >= 0.6 is 0 Å². The third kappa shape index (κ3) is 4.44. The minimum absolute atomic E-state index is 0.206. The monoisotopic (exact) mass is 513 g/mol. The molecule has 4 aromatic carbocycles. The summed E-state index contributed by atoms with van der Waals surface area (Å²) in [4.78, 5) is 4.31. The van der Waals surface area contributed by atoms with Crippen LogP contribution in [0.15, 0.2) is 109 Å². The molecule has 1 aromatic heterocycles. The second-order valence-electron chi connectivity index (χ2n) is 9.05. The van der Waals surface area contributed by atoms with E-state index in [0.29, 0.717) is 27.8 Å². The van der Waals surface area contributed by atoms with Crippen LogP contribution in [0, 0.1) is 0 Å². The van der Waals surface area contributed by atoms with Crippen molar-refractivity contribution in [1.29, 1.82) is 0 Å². The smallest absolute Gasteiger partial charge is 0.418 e. The Hall–Kier alpha value is -4.40. The lowest BCUT2D eigenvalue weighted by Crippen LogP contribution is -2.37. The Morgan fingerprint density at radius 3 is 2.34 bits per heavy atom. The highest BCUT2D eigenvalue weighted by Crippen LogP contribution is 2.49. The molecule has 0 spiro atoms. The number of fused-ring (bicyclic) bond motifs is 2. The highest BCUT2D eigenvalue weighted by molar-refractivity contribution is 5.79. The maximum atomic E-state index is 13.9. The van der Waals surface area contributed by atoms with Crippen LogP contribution in [0.1, 0.15) is 28.3 Å². The maximum Gasteiger partial charge on any atom is 0.418 e. The third-order valence-electron chi connectivity index (χ3n) is 6.60. The van der Waals surface area contributed by atoms with Crippen molar-refractivity contribution >= 4 is 16.6 Å². The SMILES string of the molecule is ON1c2c(cccc2C(F)(F)F)C(c2ccc(Oc3ccc4ncccc4c3)cc2)N1Cc1ccccc1. The molecule has 8 heteroatoms. The Balaban J connectivity index is 1.35. The van der Waals surface area contributed by atoms with E-state index in [0.717, 1.165) is 22.5 Å². The molecule has 1 aliphatic heterocycles. The molecule has 0 radical (unpaired) electrons. The largest absolute Gasteiger partial charge is 0.457 e. The van der Waals surface area contributed by atoms with Gasteiger partial charge >= 0.3 is 6.18 Å². The van der Waals surface area contributed by atoms with E-state index >= 15 is 0 Å². The summed E-state index contributed by atoms with van der Waals surface area (Å²) in [6.45, 7) is 0.206. The Morgan fingerprint density at radius 1 is 0.816 bits per heavy atom. The molecule has 38 heavy (non-hydrogen) atoms. The molecule has 1 N–H and O–H groups in total. The number of anilines is 1. The second kappa shape index (κ2) is 9.48. The maximum absolute atomic E-state index is 13.9. The van der Waals surface area contributed by atoms with Crippen molar-refractivity contribution in [2.45, 2.75) is 18.8 Å². The van der Waals surface area contributed by atoms with Gasteiger partial charge in [0.1, 0.15) is 11.5 Å². The van der Waals surface area contributed by atoms with Gasteiger partial charge in [-0.1, -0.05) is 60.7 Å². The Bertz CT molecular complexity index is 1590. The number of halogens is 3. The van der Waals surface area contributed by atoms with E-state index in [1.54, 1.807) is 24.4 Å². The van der Waals surface area contributed by atoms with E-state index in [-0.39, 0.29) is 12.2 Å². The summed E-state index contributed by atoms with van der Waals surface area (Å²) in [6, 6.07) is 29.2. The molecule has 2 heterocycles. The lowest BCUT2D eigenvalue weighted by Gasteiger charge is -2.30. The third-order valence-corrected chi connectivity index (χ3v) is 6.60. The van der Waals surface area contributed by atoms with Crippen LogP contribution in [0.5, 0.6) is 11.5 Å². The van der Waals surface area contributed by atoms with Gasteiger partial charge in [-0.05, 0) is 53.6 Å². The topological polar surface area (TPSA) is 48.8 Å². The lowest BCUT2D eigenvalue weighted by molar-refractivity contribution is -0.137. The number of para-hydroxylation sites is 1. The quantitative estimate of drug-likeness (QED) is 0.260. The van der Waals surface area contributed by atoms with Crippen molar-refractivity contribution in [2.75, 3.05) is 5.17 Å². The van der Waals surface area contributed by atoms with E-state index in [4.69, 9.17) is 4.74 Å². The first-order valence-corrected chi connectivity index (χ1v) is 12.0. The summed E-state index contributed by atoms with van der Waals surface area (Å²) in [5, 5.41) is 14.2. The first kappa shape index (κ1) is 24.0. The summed E-state index contributed by atoms with van der Waals surface area (Å²) in [6.07, 6.45) is -2.89. The highest BCUT2D eigenvalue weighted by Gasteiger charge is 2.44. The molecule has 1 aliphatic rings. The minimum Gasteiger partial charge on any atom is -0.457 e. The number of aromatic nitrogens is 1. The number of hydrazine groups is 1. The van der Waals surface area contributed by atoms with E-state index in [2.05, 4.69) is 4.98 Å². The summed E-state index contributed by atoms with van der Waals surface area (Å²) >= 11 is 0. The Kier molecular flexibility index (Phi) is 5.98. The predicted molar refractivity (Wildman–Crippen MR) is 138 cm³/mol. The van der Waals surface area contributed by atoms with Crippen molar-refractivity contribution in [1.82, 2.24) is 9.99 Å². The van der Waals surface area contributed by atoms with Gasteiger partial charge < -0.3 is 4.74 Å². The first-order chi connectivity index (χ1) is 18.4. The van der Waals surface area contributed by atoms with E-state index < -0.39 is 17.8 Å². The molecule has 6 rings (SSSR count). The number of ether oxygens (including phenoxy) is 1. The van der Waals surface area contributed by atoms with E-state index in [1.807, 2.05) is 72.8 Å². The number of rotatable bonds is 5. The molecule has 5 nitrogen and oxygen atoms in total. The number of pyridine rings is 1. The zero-order valence-corrected chi connectivity index (χ0v) is 20.0. The molecule has 0 fully saturated rings. The van der Waals surface area contributed by atoms with Gasteiger partial charge in [-0.15, -0.1) is 0 Å². The second-order valence-corrected chi connectivity index (χ2v) is 9.05. The van der Waals surface area contributed by atoms with Gasteiger partial charge in [0.25, 0.3) is 0 Å². The normalized spacial score (nSPS) is 15.6. The minimum atomic E-state index is -4.62. The molecule has 1 unspecified atom stereocenters. The number of hydrogen-bond donors (Lipinski definition) is 1. The zero-order valence-electron chi connectivity index (χ0n) is 20.0. The van der Waals surface area contributed by atoms with E-state index in [9.17, 15) is 18.4 Å². The molecular weight excluding hydrogens is 491 g/mol. The molecule has 5 aromatic rings. The Labute approximate surface area is 216 Å². The molecule has 0 amide bonds. The van der Waals surface area contributed by atoms with Crippen molar-refractivity contribution < 1.29 is 23.1 Å². The molecule has 190 valence electrons. The number of hydrogen-bond acceptors (Lipinski definition) is 5. The molecule has 1 atom stereocenters. The van der Waals surface area contributed by atoms with Gasteiger partial charge in [-0.25, -0.2) is 0 Å². The summed E-state index contributed by atoms with van der Waals surface area (Å²) in [5.41, 5.74) is 1.65. The van der Waals surface area contributed by atoms with Crippen LogP contribution in [0.3, 0.4) is 0 Å². The van der Waals surface area contributed by atoms with Crippen LogP contribution in [0.4, 0.5) is 18.9 Å². The van der Waals surface area contributed by atoms with Crippen molar-refractivity contribution in [3.05, 3.63) is 132 Å². The van der Waals surface area contributed by atoms with Gasteiger partial charge in [0.2, 0.25) is 0 Å². The highest BCUT2D eigenvalue weighted by atomic mass is 19.4. The summed E-state index contributed by atoms with van der Waals surface area (Å²) in [5.74, 6) is 1.22. The number of nitrogens with zero attached hydrogens (tertiary/aromatic N) is 3. The van der Waals surface area contributed by atoms with Gasteiger partial charge in [0.15, 0.2) is 0 Å². The fraction of sp³-hybridized carbons (Fsp3) is 0.100.